The first kappa shape index (κ1) is 14.4. The lowest BCUT2D eigenvalue weighted by molar-refractivity contribution is 0.699. The predicted octanol–water partition coefficient (Wildman–Crippen LogP) is 4.85. The van der Waals surface area contributed by atoms with Gasteiger partial charge in [-0.3, -0.25) is 0 Å². The summed E-state index contributed by atoms with van der Waals surface area (Å²) in [4.78, 5) is 0. The van der Waals surface area contributed by atoms with E-state index in [0.717, 1.165) is 31.0 Å². The maximum atomic E-state index is 5.90. The molecule has 1 N–H and O–H groups in total. The van der Waals surface area contributed by atoms with Crippen LogP contribution in [-0.2, 0) is 13.0 Å². The van der Waals surface area contributed by atoms with Crippen LogP contribution >= 0.6 is 11.6 Å². The molecule has 0 amide bonds. The van der Waals surface area contributed by atoms with Gasteiger partial charge >= 0.3 is 0 Å². The van der Waals surface area contributed by atoms with E-state index < -0.39 is 0 Å². The summed E-state index contributed by atoms with van der Waals surface area (Å²) >= 11 is 5.90. The highest BCUT2D eigenvalue weighted by Gasteiger charge is 2.17. The molecule has 1 nitrogen and oxygen atoms in total. The van der Waals surface area contributed by atoms with E-state index in [9.17, 15) is 0 Å². The molecule has 0 spiro atoms. The van der Waals surface area contributed by atoms with Gasteiger partial charge < -0.3 is 5.32 Å². The Kier molecular flexibility index (Phi) is 4.42. The highest BCUT2D eigenvalue weighted by Crippen LogP contribution is 2.34. The summed E-state index contributed by atoms with van der Waals surface area (Å²) in [6, 6.07) is 16.8. The molecule has 0 saturated heterocycles. The Morgan fingerprint density at radius 2 is 1.81 bits per heavy atom. The topological polar surface area (TPSA) is 12.0 Å². The van der Waals surface area contributed by atoms with Crippen LogP contribution in [0.15, 0.2) is 54.1 Å². The van der Waals surface area contributed by atoms with Gasteiger partial charge in [-0.05, 0) is 60.7 Å². The van der Waals surface area contributed by atoms with Crippen molar-refractivity contribution in [3.63, 3.8) is 0 Å². The zero-order chi connectivity index (χ0) is 14.7. The Labute approximate surface area is 131 Å². The Morgan fingerprint density at radius 1 is 1.05 bits per heavy atom. The second kappa shape index (κ2) is 6.46. The van der Waals surface area contributed by atoms with E-state index in [-0.39, 0.29) is 0 Å². The standard InChI is InChI=1S/C19H20ClN/c1-14-12-16-4-2-3-5-19(16)18(14)10-11-21-13-15-6-8-17(20)9-7-15/h2-9,21H,10-13H2,1H3. The molecular weight excluding hydrogens is 278 g/mol. The first-order valence-electron chi connectivity index (χ1n) is 7.46. The third-order valence-corrected chi connectivity index (χ3v) is 4.36. The van der Waals surface area contributed by atoms with Gasteiger partial charge in [0.1, 0.15) is 0 Å². The van der Waals surface area contributed by atoms with E-state index in [0.29, 0.717) is 0 Å². The number of rotatable bonds is 5. The summed E-state index contributed by atoms with van der Waals surface area (Å²) in [6.07, 6.45) is 2.21. The van der Waals surface area contributed by atoms with Crippen molar-refractivity contribution in [2.45, 2.75) is 26.3 Å². The van der Waals surface area contributed by atoms with E-state index >= 15 is 0 Å². The van der Waals surface area contributed by atoms with Gasteiger partial charge in [-0.25, -0.2) is 0 Å². The highest BCUT2D eigenvalue weighted by atomic mass is 35.5. The van der Waals surface area contributed by atoms with Crippen LogP contribution in [0.3, 0.4) is 0 Å². The smallest absolute Gasteiger partial charge is 0.0406 e. The van der Waals surface area contributed by atoms with Gasteiger partial charge in [0.2, 0.25) is 0 Å². The quantitative estimate of drug-likeness (QED) is 0.778. The Morgan fingerprint density at radius 3 is 2.62 bits per heavy atom. The van der Waals surface area contributed by atoms with Crippen LogP contribution in [0.2, 0.25) is 5.02 Å². The van der Waals surface area contributed by atoms with Gasteiger partial charge in [-0.15, -0.1) is 0 Å². The summed E-state index contributed by atoms with van der Waals surface area (Å²) in [5, 5.41) is 4.32. The fraction of sp³-hybridized carbons (Fsp3) is 0.263. The maximum Gasteiger partial charge on any atom is 0.0406 e. The average Bonchev–Trinajstić information content (AvgIpc) is 2.81. The molecule has 0 aliphatic heterocycles. The van der Waals surface area contributed by atoms with Crippen molar-refractivity contribution >= 4 is 17.2 Å². The third-order valence-electron chi connectivity index (χ3n) is 4.11. The minimum atomic E-state index is 0.794. The monoisotopic (exact) mass is 297 g/mol. The molecule has 1 aliphatic rings. The van der Waals surface area contributed by atoms with Gasteiger partial charge in [-0.2, -0.15) is 0 Å². The van der Waals surface area contributed by atoms with Crippen LogP contribution in [0.25, 0.3) is 5.57 Å². The van der Waals surface area contributed by atoms with Crippen molar-refractivity contribution in [1.82, 2.24) is 5.32 Å². The Hall–Kier alpha value is -1.57. The first-order chi connectivity index (χ1) is 10.2. The van der Waals surface area contributed by atoms with Gasteiger partial charge in [-0.1, -0.05) is 53.6 Å². The number of fused-ring (bicyclic) bond motifs is 1. The molecule has 0 radical (unpaired) electrons. The highest BCUT2D eigenvalue weighted by molar-refractivity contribution is 6.30. The molecule has 0 heterocycles. The molecule has 108 valence electrons. The summed E-state index contributed by atoms with van der Waals surface area (Å²) in [7, 11) is 0. The number of hydrogen-bond donors (Lipinski definition) is 1. The zero-order valence-corrected chi connectivity index (χ0v) is 13.1. The molecule has 2 heteroatoms. The van der Waals surface area contributed by atoms with E-state index in [1.54, 1.807) is 0 Å². The Bertz CT molecular complexity index is 656. The van der Waals surface area contributed by atoms with Crippen LogP contribution in [-0.4, -0.2) is 6.54 Å². The minimum Gasteiger partial charge on any atom is -0.312 e. The molecule has 2 aromatic rings. The van der Waals surface area contributed by atoms with Gasteiger partial charge in [0.05, 0.1) is 0 Å². The van der Waals surface area contributed by atoms with Crippen LogP contribution < -0.4 is 5.32 Å². The van der Waals surface area contributed by atoms with Crippen molar-refractivity contribution in [3.05, 3.63) is 75.8 Å². The predicted molar refractivity (Wildman–Crippen MR) is 90.5 cm³/mol. The van der Waals surface area contributed by atoms with E-state index in [4.69, 9.17) is 11.6 Å². The fourth-order valence-electron chi connectivity index (χ4n) is 2.99. The molecule has 21 heavy (non-hydrogen) atoms. The summed E-state index contributed by atoms with van der Waals surface area (Å²) in [6.45, 7) is 4.16. The Balaban J connectivity index is 1.54. The van der Waals surface area contributed by atoms with Crippen molar-refractivity contribution in [1.29, 1.82) is 0 Å². The van der Waals surface area contributed by atoms with E-state index in [1.807, 2.05) is 12.1 Å². The van der Waals surface area contributed by atoms with Crippen molar-refractivity contribution in [3.8, 4) is 0 Å². The molecule has 0 unspecified atom stereocenters. The summed E-state index contributed by atoms with van der Waals surface area (Å²) in [5.74, 6) is 0. The van der Waals surface area contributed by atoms with Gasteiger partial charge in [0.15, 0.2) is 0 Å². The lowest BCUT2D eigenvalue weighted by atomic mass is 10.0. The van der Waals surface area contributed by atoms with Crippen molar-refractivity contribution < 1.29 is 0 Å². The molecule has 3 rings (SSSR count). The van der Waals surface area contributed by atoms with E-state index in [1.165, 1.54) is 27.8 Å². The molecule has 2 aromatic carbocycles. The van der Waals surface area contributed by atoms with Gasteiger partial charge in [0, 0.05) is 11.6 Å². The van der Waals surface area contributed by atoms with Gasteiger partial charge in [0.25, 0.3) is 0 Å². The number of allylic oxidation sites excluding steroid dienone is 1. The molecule has 1 aliphatic carbocycles. The SMILES string of the molecule is CC1=C(CCNCc2ccc(Cl)cc2)c2ccccc2C1. The van der Waals surface area contributed by atoms with Crippen LogP contribution in [0.5, 0.6) is 0 Å². The normalized spacial score (nSPS) is 13.6. The molecular formula is C19H20ClN. The third kappa shape index (κ3) is 3.37. The van der Waals surface area contributed by atoms with Crippen LogP contribution in [0.1, 0.15) is 30.0 Å². The van der Waals surface area contributed by atoms with Crippen molar-refractivity contribution in [2.75, 3.05) is 6.54 Å². The first-order valence-corrected chi connectivity index (χ1v) is 7.84. The molecule has 0 fully saturated rings. The maximum absolute atomic E-state index is 5.90. The number of nitrogens with one attached hydrogen (secondary N) is 1. The average molecular weight is 298 g/mol. The number of halogens is 1. The lowest BCUT2D eigenvalue weighted by Crippen LogP contribution is -2.15. The minimum absolute atomic E-state index is 0.794. The largest absolute Gasteiger partial charge is 0.312 e. The second-order valence-electron chi connectivity index (χ2n) is 5.65. The lowest BCUT2D eigenvalue weighted by Gasteiger charge is -2.09. The molecule has 0 atom stereocenters. The fourth-order valence-corrected chi connectivity index (χ4v) is 3.11. The second-order valence-corrected chi connectivity index (χ2v) is 6.08. The number of benzene rings is 2. The summed E-state index contributed by atoms with van der Waals surface area (Å²) in [5.41, 5.74) is 7.24. The van der Waals surface area contributed by atoms with Crippen molar-refractivity contribution in [2.24, 2.45) is 0 Å². The molecule has 0 aromatic heterocycles. The van der Waals surface area contributed by atoms with Crippen LogP contribution in [0.4, 0.5) is 0 Å². The molecule has 0 saturated carbocycles. The number of hydrogen-bond acceptors (Lipinski definition) is 1. The van der Waals surface area contributed by atoms with Crippen LogP contribution in [0, 0.1) is 0 Å². The van der Waals surface area contributed by atoms with E-state index in [2.05, 4.69) is 48.6 Å². The zero-order valence-electron chi connectivity index (χ0n) is 12.3. The molecule has 0 bridgehead atoms. The summed E-state index contributed by atoms with van der Waals surface area (Å²) < 4.78 is 0.